The van der Waals surface area contributed by atoms with E-state index < -0.39 is 0 Å². The number of aromatic nitrogens is 2. The number of rotatable bonds is 5. The second kappa shape index (κ2) is 7.58. The number of hydrogen-bond acceptors (Lipinski definition) is 3. The Labute approximate surface area is 154 Å². The van der Waals surface area contributed by atoms with Gasteiger partial charge in [-0.05, 0) is 35.7 Å². The van der Waals surface area contributed by atoms with Crippen LogP contribution in [0.1, 0.15) is 19.4 Å². The maximum absolute atomic E-state index is 13.2. The van der Waals surface area contributed by atoms with E-state index in [0.29, 0.717) is 39.3 Å². The van der Waals surface area contributed by atoms with Crippen molar-refractivity contribution < 1.29 is 4.39 Å². The SMILES string of the molecule is CC(C)Cn1c(SCc2ccc(F)cc2Cl)nc2ccccc2c1=O. The molecule has 0 saturated heterocycles. The van der Waals surface area contributed by atoms with Gasteiger partial charge in [-0.25, -0.2) is 9.37 Å². The molecule has 0 N–H and O–H groups in total. The molecule has 3 nitrogen and oxygen atoms in total. The van der Waals surface area contributed by atoms with E-state index in [1.807, 2.05) is 18.2 Å². The highest BCUT2D eigenvalue weighted by Crippen LogP contribution is 2.27. The highest BCUT2D eigenvalue weighted by Gasteiger charge is 2.13. The molecule has 0 bridgehead atoms. The van der Waals surface area contributed by atoms with E-state index in [9.17, 15) is 9.18 Å². The normalized spacial score (nSPS) is 11.4. The van der Waals surface area contributed by atoms with Crippen molar-refractivity contribution in [1.82, 2.24) is 9.55 Å². The van der Waals surface area contributed by atoms with Crippen molar-refractivity contribution in [2.75, 3.05) is 0 Å². The van der Waals surface area contributed by atoms with Gasteiger partial charge >= 0.3 is 0 Å². The highest BCUT2D eigenvalue weighted by molar-refractivity contribution is 7.98. The average Bonchev–Trinajstić information content (AvgIpc) is 2.57. The van der Waals surface area contributed by atoms with Crippen LogP contribution in [-0.4, -0.2) is 9.55 Å². The Balaban J connectivity index is 2.00. The summed E-state index contributed by atoms with van der Waals surface area (Å²) in [5.41, 5.74) is 1.46. The van der Waals surface area contributed by atoms with Gasteiger partial charge in [-0.2, -0.15) is 0 Å². The molecule has 0 saturated carbocycles. The van der Waals surface area contributed by atoms with Crippen LogP contribution in [0.5, 0.6) is 0 Å². The summed E-state index contributed by atoms with van der Waals surface area (Å²) in [5, 5.41) is 1.65. The van der Waals surface area contributed by atoms with Crippen molar-refractivity contribution in [2.45, 2.75) is 31.3 Å². The third-order valence-corrected chi connectivity index (χ3v) is 5.12. The molecule has 3 aromatic rings. The molecule has 0 atom stereocenters. The first-order chi connectivity index (χ1) is 12.0. The summed E-state index contributed by atoms with van der Waals surface area (Å²) in [7, 11) is 0. The van der Waals surface area contributed by atoms with Crippen LogP contribution in [0, 0.1) is 11.7 Å². The highest BCUT2D eigenvalue weighted by atomic mass is 35.5. The van der Waals surface area contributed by atoms with E-state index >= 15 is 0 Å². The molecule has 0 fully saturated rings. The van der Waals surface area contributed by atoms with Gasteiger partial charge < -0.3 is 0 Å². The molecule has 0 spiro atoms. The molecule has 0 aliphatic carbocycles. The molecule has 130 valence electrons. The van der Waals surface area contributed by atoms with Gasteiger partial charge in [0.15, 0.2) is 5.16 Å². The quantitative estimate of drug-likeness (QED) is 0.457. The Morgan fingerprint density at radius 2 is 2.00 bits per heavy atom. The first-order valence-corrected chi connectivity index (χ1v) is 9.38. The third-order valence-electron chi connectivity index (χ3n) is 3.75. The number of benzene rings is 2. The summed E-state index contributed by atoms with van der Waals surface area (Å²) in [6, 6.07) is 11.7. The van der Waals surface area contributed by atoms with Crippen LogP contribution >= 0.6 is 23.4 Å². The lowest BCUT2D eigenvalue weighted by atomic mass is 10.2. The molecule has 0 radical (unpaired) electrons. The molecule has 3 rings (SSSR count). The summed E-state index contributed by atoms with van der Waals surface area (Å²) in [6.45, 7) is 4.72. The molecule has 1 aromatic heterocycles. The fraction of sp³-hybridized carbons (Fsp3) is 0.263. The fourth-order valence-electron chi connectivity index (χ4n) is 2.57. The van der Waals surface area contributed by atoms with Gasteiger partial charge in [0.2, 0.25) is 0 Å². The van der Waals surface area contributed by atoms with Crippen LogP contribution < -0.4 is 5.56 Å². The van der Waals surface area contributed by atoms with E-state index in [1.54, 1.807) is 16.7 Å². The standard InChI is InChI=1S/C19H18ClFN2OS/c1-12(2)10-23-18(24)15-5-3-4-6-17(15)22-19(23)25-11-13-7-8-14(21)9-16(13)20/h3-9,12H,10-11H2,1-2H3. The van der Waals surface area contributed by atoms with E-state index in [2.05, 4.69) is 18.8 Å². The van der Waals surface area contributed by atoms with Crippen molar-refractivity contribution in [2.24, 2.45) is 5.92 Å². The zero-order valence-corrected chi connectivity index (χ0v) is 15.6. The second-order valence-corrected chi connectivity index (χ2v) is 7.60. The number of halogens is 2. The van der Waals surface area contributed by atoms with Gasteiger partial charge in [-0.1, -0.05) is 55.4 Å². The zero-order chi connectivity index (χ0) is 18.0. The largest absolute Gasteiger partial charge is 0.287 e. The summed E-state index contributed by atoms with van der Waals surface area (Å²) in [4.78, 5) is 17.5. The number of fused-ring (bicyclic) bond motifs is 1. The Bertz CT molecular complexity index is 971. The number of para-hydroxylation sites is 1. The van der Waals surface area contributed by atoms with Gasteiger partial charge in [0.1, 0.15) is 5.82 Å². The molecule has 6 heteroatoms. The van der Waals surface area contributed by atoms with Crippen molar-refractivity contribution in [1.29, 1.82) is 0 Å². The minimum absolute atomic E-state index is 0.0352. The molecule has 1 heterocycles. The maximum Gasteiger partial charge on any atom is 0.262 e. The summed E-state index contributed by atoms with van der Waals surface area (Å²) >= 11 is 7.54. The molecule has 0 amide bonds. The Hall–Kier alpha value is -1.85. The summed E-state index contributed by atoms with van der Waals surface area (Å²) < 4.78 is 14.9. The first kappa shape index (κ1) is 18.0. The lowest BCUT2D eigenvalue weighted by Gasteiger charge is -2.15. The maximum atomic E-state index is 13.2. The van der Waals surface area contributed by atoms with E-state index in [1.165, 1.54) is 23.9 Å². The Kier molecular flexibility index (Phi) is 5.45. The fourth-order valence-corrected chi connectivity index (χ4v) is 3.89. The van der Waals surface area contributed by atoms with Crippen LogP contribution in [0.2, 0.25) is 5.02 Å². The number of hydrogen-bond donors (Lipinski definition) is 0. The number of thioether (sulfide) groups is 1. The third kappa shape index (κ3) is 4.05. The van der Waals surface area contributed by atoms with Gasteiger partial charge in [0.05, 0.1) is 10.9 Å². The van der Waals surface area contributed by atoms with Gasteiger partial charge in [-0.3, -0.25) is 9.36 Å². The van der Waals surface area contributed by atoms with Gasteiger partial charge in [0.25, 0.3) is 5.56 Å². The molecular formula is C19H18ClFN2OS. The second-order valence-electron chi connectivity index (χ2n) is 6.25. The van der Waals surface area contributed by atoms with Crippen molar-refractivity contribution in [3.05, 3.63) is 69.2 Å². The van der Waals surface area contributed by atoms with Crippen LogP contribution in [-0.2, 0) is 12.3 Å². The van der Waals surface area contributed by atoms with Crippen LogP contribution in [0.25, 0.3) is 10.9 Å². The predicted molar refractivity (Wildman–Crippen MR) is 102 cm³/mol. The average molecular weight is 377 g/mol. The van der Waals surface area contributed by atoms with E-state index in [4.69, 9.17) is 11.6 Å². The van der Waals surface area contributed by atoms with Crippen molar-refractivity contribution in [3.63, 3.8) is 0 Å². The summed E-state index contributed by atoms with van der Waals surface area (Å²) in [5.74, 6) is 0.468. The van der Waals surface area contributed by atoms with Gasteiger partial charge in [0, 0.05) is 17.3 Å². The van der Waals surface area contributed by atoms with E-state index in [0.717, 1.165) is 5.56 Å². The molecule has 2 aromatic carbocycles. The minimum Gasteiger partial charge on any atom is -0.287 e. The van der Waals surface area contributed by atoms with Gasteiger partial charge in [-0.15, -0.1) is 0 Å². The molecule has 25 heavy (non-hydrogen) atoms. The Morgan fingerprint density at radius 3 is 2.72 bits per heavy atom. The van der Waals surface area contributed by atoms with Crippen molar-refractivity contribution >= 4 is 34.3 Å². The van der Waals surface area contributed by atoms with Crippen molar-refractivity contribution in [3.8, 4) is 0 Å². The van der Waals surface area contributed by atoms with Crippen LogP contribution in [0.3, 0.4) is 0 Å². The minimum atomic E-state index is -0.362. The number of nitrogens with zero attached hydrogens (tertiary/aromatic N) is 2. The monoisotopic (exact) mass is 376 g/mol. The zero-order valence-electron chi connectivity index (χ0n) is 14.0. The predicted octanol–water partition coefficient (Wildman–Crippen LogP) is 5.14. The lowest BCUT2D eigenvalue weighted by Crippen LogP contribution is -2.25. The van der Waals surface area contributed by atoms with Crippen LogP contribution in [0.4, 0.5) is 4.39 Å². The van der Waals surface area contributed by atoms with Crippen LogP contribution in [0.15, 0.2) is 52.4 Å². The molecule has 0 aliphatic heterocycles. The van der Waals surface area contributed by atoms with E-state index in [-0.39, 0.29) is 11.4 Å². The summed E-state index contributed by atoms with van der Waals surface area (Å²) in [6.07, 6.45) is 0. The Morgan fingerprint density at radius 1 is 1.24 bits per heavy atom. The first-order valence-electron chi connectivity index (χ1n) is 8.02. The molecule has 0 unspecified atom stereocenters. The molecular weight excluding hydrogens is 359 g/mol. The molecule has 0 aliphatic rings. The lowest BCUT2D eigenvalue weighted by molar-refractivity contribution is 0.475. The smallest absolute Gasteiger partial charge is 0.262 e. The topological polar surface area (TPSA) is 34.9 Å².